The van der Waals surface area contributed by atoms with Crippen LogP contribution in [-0.4, -0.2) is 42.6 Å². The van der Waals surface area contributed by atoms with E-state index in [1.54, 1.807) is 31.7 Å². The van der Waals surface area contributed by atoms with Gasteiger partial charge in [-0.05, 0) is 18.2 Å². The molecule has 0 aliphatic carbocycles. The van der Waals surface area contributed by atoms with Crippen LogP contribution in [0.5, 0.6) is 5.75 Å². The highest BCUT2D eigenvalue weighted by Gasteiger charge is 2.20. The smallest absolute Gasteiger partial charge is 0.356 e. The minimum absolute atomic E-state index is 0.0644. The molecule has 0 amide bonds. The molecule has 1 aromatic carbocycles. The van der Waals surface area contributed by atoms with Gasteiger partial charge in [0.2, 0.25) is 0 Å². The maximum atomic E-state index is 14.5. The average molecular weight is 420 g/mol. The van der Waals surface area contributed by atoms with Crippen molar-refractivity contribution >= 4 is 22.6 Å². The molecule has 2 N–H and O–H groups in total. The molecule has 0 atom stereocenters. The molecule has 5 rings (SSSR count). The van der Waals surface area contributed by atoms with Crippen molar-refractivity contribution in [1.82, 2.24) is 25.0 Å². The Morgan fingerprint density at radius 3 is 2.84 bits per heavy atom. The summed E-state index contributed by atoms with van der Waals surface area (Å²) in [6, 6.07) is 4.54. The van der Waals surface area contributed by atoms with Gasteiger partial charge in [-0.3, -0.25) is 4.68 Å². The van der Waals surface area contributed by atoms with Crippen LogP contribution in [0.25, 0.3) is 22.0 Å². The zero-order chi connectivity index (χ0) is 21.5. The predicted octanol–water partition coefficient (Wildman–Crippen LogP) is 2.81. The Morgan fingerprint density at radius 1 is 1.26 bits per heavy atom. The Hall–Kier alpha value is -4.08. The van der Waals surface area contributed by atoms with Crippen LogP contribution >= 0.6 is 0 Å². The van der Waals surface area contributed by atoms with Gasteiger partial charge in [-0.25, -0.2) is 14.2 Å². The van der Waals surface area contributed by atoms with Crippen LogP contribution in [0.3, 0.4) is 0 Å². The Morgan fingerprint density at radius 2 is 2.06 bits per heavy atom. The third-order valence-corrected chi connectivity index (χ3v) is 5.35. The number of hydrogen-bond acceptors (Lipinski definition) is 7. The van der Waals surface area contributed by atoms with Gasteiger partial charge in [-0.2, -0.15) is 15.3 Å². The number of rotatable bonds is 5. The highest BCUT2D eigenvalue weighted by molar-refractivity contribution is 6.01. The topological polar surface area (TPSA) is 115 Å². The number of benzene rings is 1. The van der Waals surface area contributed by atoms with E-state index >= 15 is 0 Å². The summed E-state index contributed by atoms with van der Waals surface area (Å²) in [6.07, 6.45) is 5.43. The first-order valence-electron chi connectivity index (χ1n) is 9.57. The van der Waals surface area contributed by atoms with E-state index in [1.807, 2.05) is 0 Å². The third-order valence-electron chi connectivity index (χ3n) is 5.35. The van der Waals surface area contributed by atoms with Crippen molar-refractivity contribution in [3.8, 4) is 17.0 Å². The minimum Gasteiger partial charge on any atom is -0.493 e. The molecule has 1 aliphatic heterocycles. The number of anilines is 1. The largest absolute Gasteiger partial charge is 0.493 e. The van der Waals surface area contributed by atoms with E-state index in [4.69, 9.17) is 4.74 Å². The molecule has 0 radical (unpaired) electrons. The summed E-state index contributed by atoms with van der Waals surface area (Å²) in [6.45, 7) is 0.775. The molecule has 4 heterocycles. The third kappa shape index (κ3) is 3.21. The summed E-state index contributed by atoms with van der Waals surface area (Å²) in [4.78, 5) is 15.8. The normalized spacial score (nSPS) is 12.6. The number of pyridine rings is 1. The van der Waals surface area contributed by atoms with Crippen molar-refractivity contribution in [2.45, 2.75) is 13.0 Å². The van der Waals surface area contributed by atoms with E-state index < -0.39 is 5.97 Å². The fraction of sp³-hybridized carbons (Fsp3) is 0.190. The van der Waals surface area contributed by atoms with Crippen molar-refractivity contribution in [2.24, 2.45) is 7.05 Å². The Kier molecular flexibility index (Phi) is 4.46. The maximum Gasteiger partial charge on any atom is 0.356 e. The van der Waals surface area contributed by atoms with Gasteiger partial charge in [0.25, 0.3) is 0 Å². The predicted molar refractivity (Wildman–Crippen MR) is 109 cm³/mol. The van der Waals surface area contributed by atoms with E-state index in [0.29, 0.717) is 46.8 Å². The molecule has 31 heavy (non-hydrogen) atoms. The van der Waals surface area contributed by atoms with Crippen LogP contribution in [0.1, 0.15) is 21.6 Å². The summed E-state index contributed by atoms with van der Waals surface area (Å²) < 4.78 is 21.5. The summed E-state index contributed by atoms with van der Waals surface area (Å²) in [5.41, 5.74) is 2.60. The molecule has 3 aromatic heterocycles. The van der Waals surface area contributed by atoms with Crippen molar-refractivity contribution in [3.05, 3.63) is 59.4 Å². The fourth-order valence-corrected chi connectivity index (χ4v) is 3.84. The molecule has 0 bridgehead atoms. The van der Waals surface area contributed by atoms with Crippen LogP contribution in [0, 0.1) is 5.82 Å². The molecule has 0 saturated carbocycles. The lowest BCUT2D eigenvalue weighted by atomic mass is 10.0. The van der Waals surface area contributed by atoms with Gasteiger partial charge >= 0.3 is 5.97 Å². The molecule has 156 valence electrons. The van der Waals surface area contributed by atoms with Gasteiger partial charge in [-0.1, -0.05) is 0 Å². The number of carbonyl (C=O) groups is 1. The standard InChI is InChI=1S/C21H17FN6O3/c1-28-18(6-17(27-28)21(29)30)14-8-24-20(15-10-26-25-9-12(14)15)23-7-13-11-4-5-31-19(11)3-2-16(13)22/h2-3,6,8-10H,4-5,7H2,1H3,(H,23,24)(H,29,30). The van der Waals surface area contributed by atoms with Crippen LogP contribution < -0.4 is 10.1 Å². The van der Waals surface area contributed by atoms with Crippen molar-refractivity contribution in [1.29, 1.82) is 0 Å². The number of carboxylic acids is 1. The Balaban J connectivity index is 1.53. The molecule has 0 spiro atoms. The van der Waals surface area contributed by atoms with Gasteiger partial charge in [0.15, 0.2) is 5.69 Å². The highest BCUT2D eigenvalue weighted by atomic mass is 19.1. The monoisotopic (exact) mass is 420 g/mol. The van der Waals surface area contributed by atoms with Gasteiger partial charge in [-0.15, -0.1) is 0 Å². The van der Waals surface area contributed by atoms with E-state index in [-0.39, 0.29) is 18.1 Å². The van der Waals surface area contributed by atoms with Crippen molar-refractivity contribution < 1.29 is 19.0 Å². The Labute approximate surface area is 175 Å². The fourth-order valence-electron chi connectivity index (χ4n) is 3.84. The number of carboxylic acid groups (broad SMARTS) is 1. The lowest BCUT2D eigenvalue weighted by Gasteiger charge is -2.13. The molecule has 10 heteroatoms. The molecule has 9 nitrogen and oxygen atoms in total. The zero-order valence-electron chi connectivity index (χ0n) is 16.5. The van der Waals surface area contributed by atoms with E-state index in [0.717, 1.165) is 10.9 Å². The highest BCUT2D eigenvalue weighted by Crippen LogP contribution is 2.33. The van der Waals surface area contributed by atoms with E-state index in [1.165, 1.54) is 16.8 Å². The number of aromatic nitrogens is 5. The lowest BCUT2D eigenvalue weighted by Crippen LogP contribution is -2.07. The molecular weight excluding hydrogens is 403 g/mol. The van der Waals surface area contributed by atoms with Crippen molar-refractivity contribution in [2.75, 3.05) is 11.9 Å². The second kappa shape index (κ2) is 7.31. The van der Waals surface area contributed by atoms with Crippen LogP contribution in [0.4, 0.5) is 10.2 Å². The van der Waals surface area contributed by atoms with Gasteiger partial charge < -0.3 is 15.2 Å². The second-order valence-electron chi connectivity index (χ2n) is 7.14. The molecule has 1 aliphatic rings. The number of fused-ring (bicyclic) bond motifs is 2. The van der Waals surface area contributed by atoms with Gasteiger partial charge in [0.05, 0.1) is 24.7 Å². The molecule has 4 aromatic rings. The van der Waals surface area contributed by atoms with Crippen molar-refractivity contribution in [3.63, 3.8) is 0 Å². The number of nitrogens with zero attached hydrogens (tertiary/aromatic N) is 5. The second-order valence-corrected chi connectivity index (χ2v) is 7.14. The van der Waals surface area contributed by atoms with E-state index in [9.17, 15) is 14.3 Å². The van der Waals surface area contributed by atoms with Crippen LogP contribution in [-0.2, 0) is 20.0 Å². The zero-order valence-corrected chi connectivity index (χ0v) is 16.5. The molecule has 0 saturated heterocycles. The summed E-state index contributed by atoms with van der Waals surface area (Å²) in [7, 11) is 1.66. The number of hydrogen-bond donors (Lipinski definition) is 2. The first-order chi connectivity index (χ1) is 15.0. The Bertz CT molecular complexity index is 1340. The van der Waals surface area contributed by atoms with E-state index in [2.05, 4.69) is 25.6 Å². The first-order valence-corrected chi connectivity index (χ1v) is 9.57. The number of halogens is 1. The number of aryl methyl sites for hydroxylation is 1. The van der Waals surface area contributed by atoms with Crippen LogP contribution in [0.2, 0.25) is 0 Å². The van der Waals surface area contributed by atoms with Crippen LogP contribution in [0.15, 0.2) is 36.8 Å². The molecule has 0 fully saturated rings. The average Bonchev–Trinajstić information content (AvgIpc) is 3.40. The minimum atomic E-state index is -1.11. The summed E-state index contributed by atoms with van der Waals surface area (Å²) in [5.74, 6) is -0.181. The first kappa shape index (κ1) is 18.9. The quantitative estimate of drug-likeness (QED) is 0.507. The maximum absolute atomic E-state index is 14.5. The number of ether oxygens (including phenoxy) is 1. The van der Waals surface area contributed by atoms with Gasteiger partial charge in [0, 0.05) is 53.7 Å². The summed E-state index contributed by atoms with van der Waals surface area (Å²) in [5, 5.41) is 25.8. The number of aromatic carboxylic acids is 1. The lowest BCUT2D eigenvalue weighted by molar-refractivity contribution is 0.0689. The molecule has 0 unspecified atom stereocenters. The van der Waals surface area contributed by atoms with Gasteiger partial charge in [0.1, 0.15) is 17.4 Å². The SMILES string of the molecule is Cn1nc(C(=O)O)cc1-c1cnc(NCc2c(F)ccc3c2CCO3)c2cnncc12. The molecular formula is C21H17FN6O3. The summed E-state index contributed by atoms with van der Waals surface area (Å²) >= 11 is 0. The number of nitrogens with one attached hydrogen (secondary N) is 1.